The van der Waals surface area contributed by atoms with Crippen molar-refractivity contribution in [3.63, 3.8) is 0 Å². The van der Waals surface area contributed by atoms with Gasteiger partial charge in [0.15, 0.2) is 5.69 Å². The Hall–Kier alpha value is -2.41. The molecule has 0 radical (unpaired) electrons. The average Bonchev–Trinajstić information content (AvgIpc) is 3.05. The Morgan fingerprint density at radius 3 is 2.76 bits per heavy atom. The van der Waals surface area contributed by atoms with Gasteiger partial charge in [0.25, 0.3) is 11.8 Å². The molecule has 7 heteroatoms. The molecule has 0 spiro atoms. The fraction of sp³-hybridized carbons (Fsp3) is 0.500. The fourth-order valence-electron chi connectivity index (χ4n) is 2.93. The first kappa shape index (κ1) is 17.4. The summed E-state index contributed by atoms with van der Waals surface area (Å²) in [6.07, 6.45) is 3.73. The summed E-state index contributed by atoms with van der Waals surface area (Å²) in [7, 11) is 1.77. The van der Waals surface area contributed by atoms with Gasteiger partial charge in [-0.2, -0.15) is 0 Å². The maximum absolute atomic E-state index is 12.9. The van der Waals surface area contributed by atoms with Gasteiger partial charge in [-0.3, -0.25) is 14.0 Å². The number of imidazole rings is 1. The minimum absolute atomic E-state index is 0.151. The Kier molecular flexibility index (Phi) is 5.33. The van der Waals surface area contributed by atoms with Crippen molar-refractivity contribution in [3.05, 3.63) is 35.9 Å². The molecule has 0 N–H and O–H groups in total. The smallest absolute Gasteiger partial charge is 0.289 e. The highest BCUT2D eigenvalue weighted by Gasteiger charge is 2.27. The molecule has 2 aromatic heterocycles. The molecule has 2 amide bonds. The van der Waals surface area contributed by atoms with Crippen LogP contribution in [0.3, 0.4) is 0 Å². The summed E-state index contributed by atoms with van der Waals surface area (Å²) in [5.74, 6) is -0.0382. The molecular weight excluding hydrogens is 320 g/mol. The van der Waals surface area contributed by atoms with Crippen molar-refractivity contribution >= 4 is 17.3 Å². The molecule has 0 aliphatic carbocycles. The van der Waals surface area contributed by atoms with E-state index >= 15 is 0 Å². The number of pyridine rings is 1. The number of fused-ring (bicyclic) bond motifs is 1. The molecule has 0 saturated carbocycles. The van der Waals surface area contributed by atoms with Gasteiger partial charge in [-0.15, -0.1) is 0 Å². The Bertz CT molecular complexity index is 765. The van der Waals surface area contributed by atoms with Crippen LogP contribution >= 0.6 is 0 Å². The van der Waals surface area contributed by atoms with Gasteiger partial charge in [0, 0.05) is 32.9 Å². The second-order valence-electron chi connectivity index (χ2n) is 6.22. The summed E-state index contributed by atoms with van der Waals surface area (Å²) in [6, 6.07) is 5.51. The van der Waals surface area contributed by atoms with Crippen molar-refractivity contribution in [1.29, 1.82) is 0 Å². The van der Waals surface area contributed by atoms with Crippen LogP contribution in [0, 0.1) is 0 Å². The highest BCUT2D eigenvalue weighted by Crippen LogP contribution is 2.17. The predicted octanol–water partition coefficient (Wildman–Crippen LogP) is 1.68. The third-order valence-electron chi connectivity index (χ3n) is 4.43. The van der Waals surface area contributed by atoms with Crippen LogP contribution < -0.4 is 0 Å². The number of aromatic nitrogens is 2. The van der Waals surface area contributed by atoms with Crippen LogP contribution in [0.15, 0.2) is 24.4 Å². The molecule has 134 valence electrons. The van der Waals surface area contributed by atoms with E-state index in [-0.39, 0.29) is 17.6 Å². The van der Waals surface area contributed by atoms with Crippen LogP contribution in [0.2, 0.25) is 0 Å². The lowest BCUT2D eigenvalue weighted by atomic mass is 10.3. The number of carbonyl (C=O) groups is 2. The van der Waals surface area contributed by atoms with E-state index in [1.165, 1.54) is 0 Å². The SMILES string of the molecule is CCCCN(C)C(=O)c1nc(C(=O)N2CCOCC2)c2ccccn12. The van der Waals surface area contributed by atoms with E-state index in [9.17, 15) is 9.59 Å². The minimum atomic E-state index is -0.171. The minimum Gasteiger partial charge on any atom is -0.378 e. The first-order valence-corrected chi connectivity index (χ1v) is 8.73. The summed E-state index contributed by atoms with van der Waals surface area (Å²) in [6.45, 7) is 4.91. The zero-order chi connectivity index (χ0) is 17.8. The van der Waals surface area contributed by atoms with Gasteiger partial charge in [-0.25, -0.2) is 4.98 Å². The van der Waals surface area contributed by atoms with E-state index in [1.54, 1.807) is 27.4 Å². The number of rotatable bonds is 5. The zero-order valence-corrected chi connectivity index (χ0v) is 14.8. The van der Waals surface area contributed by atoms with Crippen LogP contribution in [0.25, 0.3) is 5.52 Å². The lowest BCUT2D eigenvalue weighted by Crippen LogP contribution is -2.41. The van der Waals surface area contributed by atoms with Crippen molar-refractivity contribution in [2.24, 2.45) is 0 Å². The summed E-state index contributed by atoms with van der Waals surface area (Å²) < 4.78 is 7.01. The molecule has 25 heavy (non-hydrogen) atoms. The number of carbonyl (C=O) groups excluding carboxylic acids is 2. The van der Waals surface area contributed by atoms with Crippen molar-refractivity contribution in [3.8, 4) is 0 Å². The molecule has 0 atom stereocenters. The van der Waals surface area contributed by atoms with Crippen LogP contribution in [-0.4, -0.2) is 70.9 Å². The molecule has 2 aromatic rings. The molecule has 0 aromatic carbocycles. The van der Waals surface area contributed by atoms with Gasteiger partial charge in [0.05, 0.1) is 18.7 Å². The summed E-state index contributed by atoms with van der Waals surface area (Å²) in [5.41, 5.74) is 0.987. The Morgan fingerprint density at radius 2 is 2.04 bits per heavy atom. The number of ether oxygens (including phenoxy) is 1. The number of hydrogen-bond acceptors (Lipinski definition) is 4. The topological polar surface area (TPSA) is 67.2 Å². The summed E-state index contributed by atoms with van der Waals surface area (Å²) >= 11 is 0. The largest absolute Gasteiger partial charge is 0.378 e. The standard InChI is InChI=1S/C18H24N4O3/c1-3-4-8-20(2)18(24)16-19-15(14-7-5-6-9-22(14)16)17(23)21-10-12-25-13-11-21/h5-7,9H,3-4,8,10-13H2,1-2H3. The average molecular weight is 344 g/mol. The van der Waals surface area contributed by atoms with Crippen molar-refractivity contribution in [2.75, 3.05) is 39.9 Å². The number of nitrogens with zero attached hydrogens (tertiary/aromatic N) is 4. The number of amides is 2. The lowest BCUT2D eigenvalue weighted by Gasteiger charge is -2.26. The second-order valence-corrected chi connectivity index (χ2v) is 6.22. The van der Waals surface area contributed by atoms with Gasteiger partial charge in [-0.05, 0) is 18.6 Å². The van der Waals surface area contributed by atoms with E-state index in [4.69, 9.17) is 4.74 Å². The maximum Gasteiger partial charge on any atom is 0.289 e. The van der Waals surface area contributed by atoms with Gasteiger partial charge in [-0.1, -0.05) is 19.4 Å². The van der Waals surface area contributed by atoms with E-state index in [2.05, 4.69) is 11.9 Å². The van der Waals surface area contributed by atoms with Gasteiger partial charge in [0.2, 0.25) is 5.82 Å². The first-order chi connectivity index (χ1) is 12.1. The molecule has 1 aliphatic rings. The molecule has 1 aliphatic heterocycles. The molecule has 0 bridgehead atoms. The van der Waals surface area contributed by atoms with E-state index in [1.807, 2.05) is 18.2 Å². The fourth-order valence-corrected chi connectivity index (χ4v) is 2.93. The summed E-state index contributed by atoms with van der Waals surface area (Å²) in [5, 5.41) is 0. The Balaban J connectivity index is 1.95. The highest BCUT2D eigenvalue weighted by molar-refractivity contribution is 6.02. The Labute approximate surface area is 147 Å². The molecule has 3 rings (SSSR count). The second kappa shape index (κ2) is 7.65. The quantitative estimate of drug-likeness (QED) is 0.828. The lowest BCUT2D eigenvalue weighted by molar-refractivity contribution is 0.0300. The zero-order valence-electron chi connectivity index (χ0n) is 14.8. The Morgan fingerprint density at radius 1 is 1.28 bits per heavy atom. The van der Waals surface area contributed by atoms with E-state index in [0.29, 0.717) is 44.1 Å². The van der Waals surface area contributed by atoms with Crippen LogP contribution in [0.5, 0.6) is 0 Å². The number of hydrogen-bond donors (Lipinski definition) is 0. The summed E-state index contributed by atoms with van der Waals surface area (Å²) in [4.78, 5) is 33.5. The highest BCUT2D eigenvalue weighted by atomic mass is 16.5. The van der Waals surface area contributed by atoms with Gasteiger partial charge < -0.3 is 14.5 Å². The normalized spacial score (nSPS) is 14.7. The third kappa shape index (κ3) is 3.51. The third-order valence-corrected chi connectivity index (χ3v) is 4.43. The number of unbranched alkanes of at least 4 members (excludes halogenated alkanes) is 1. The van der Waals surface area contributed by atoms with Gasteiger partial charge >= 0.3 is 0 Å². The van der Waals surface area contributed by atoms with Gasteiger partial charge in [0.1, 0.15) is 0 Å². The van der Waals surface area contributed by atoms with Crippen molar-refractivity contribution < 1.29 is 14.3 Å². The predicted molar refractivity (Wildman–Crippen MR) is 93.8 cm³/mol. The maximum atomic E-state index is 12.9. The van der Waals surface area contributed by atoms with E-state index < -0.39 is 0 Å². The molecule has 1 fully saturated rings. The van der Waals surface area contributed by atoms with Crippen LogP contribution in [-0.2, 0) is 4.74 Å². The molecule has 3 heterocycles. The molecule has 1 saturated heterocycles. The number of morpholine rings is 1. The molecular formula is C18H24N4O3. The van der Waals surface area contributed by atoms with Crippen molar-refractivity contribution in [2.45, 2.75) is 19.8 Å². The molecule has 7 nitrogen and oxygen atoms in total. The first-order valence-electron chi connectivity index (χ1n) is 8.73. The van der Waals surface area contributed by atoms with Crippen molar-refractivity contribution in [1.82, 2.24) is 19.2 Å². The van der Waals surface area contributed by atoms with E-state index in [0.717, 1.165) is 12.8 Å². The monoisotopic (exact) mass is 344 g/mol. The van der Waals surface area contributed by atoms with Crippen LogP contribution in [0.1, 0.15) is 40.9 Å². The van der Waals surface area contributed by atoms with Crippen LogP contribution in [0.4, 0.5) is 0 Å². The molecule has 0 unspecified atom stereocenters.